The molecule has 0 aromatic rings. The highest BCUT2D eigenvalue weighted by molar-refractivity contribution is 5.67. The predicted molar refractivity (Wildman–Crippen MR) is 57.3 cm³/mol. The molecular formula is C12H21N. The molecule has 1 aliphatic heterocycles. The summed E-state index contributed by atoms with van der Waals surface area (Å²) in [6, 6.07) is 0.646. The Morgan fingerprint density at radius 1 is 1.23 bits per heavy atom. The van der Waals surface area contributed by atoms with Gasteiger partial charge in [0, 0.05) is 17.7 Å². The Morgan fingerprint density at radius 2 is 2.00 bits per heavy atom. The van der Waals surface area contributed by atoms with Crippen molar-refractivity contribution >= 4 is 6.21 Å². The maximum absolute atomic E-state index is 4.70. The summed E-state index contributed by atoms with van der Waals surface area (Å²) in [7, 11) is 0. The maximum atomic E-state index is 4.70. The molecule has 1 heteroatoms. The maximum Gasteiger partial charge on any atom is 0.0493 e. The normalized spacial score (nSPS) is 32.2. The smallest absolute Gasteiger partial charge is 0.0493 e. The van der Waals surface area contributed by atoms with Crippen molar-refractivity contribution in [3.05, 3.63) is 0 Å². The minimum absolute atomic E-state index is 0.546. The molecule has 1 aliphatic carbocycles. The zero-order chi connectivity index (χ0) is 9.15. The molecule has 74 valence electrons. The van der Waals surface area contributed by atoms with E-state index in [0.29, 0.717) is 11.5 Å². The van der Waals surface area contributed by atoms with Crippen LogP contribution in [0.3, 0.4) is 0 Å². The lowest BCUT2D eigenvalue weighted by Crippen LogP contribution is -2.31. The Labute approximate surface area is 81.6 Å². The van der Waals surface area contributed by atoms with E-state index in [0.717, 1.165) is 0 Å². The van der Waals surface area contributed by atoms with Crippen LogP contribution in [0.4, 0.5) is 0 Å². The van der Waals surface area contributed by atoms with Gasteiger partial charge in [0.1, 0.15) is 0 Å². The second kappa shape index (κ2) is 3.81. The van der Waals surface area contributed by atoms with Gasteiger partial charge in [0.05, 0.1) is 0 Å². The van der Waals surface area contributed by atoms with Gasteiger partial charge in [0.15, 0.2) is 0 Å². The molecule has 1 unspecified atom stereocenters. The van der Waals surface area contributed by atoms with Gasteiger partial charge in [-0.2, -0.15) is 0 Å². The number of hydrogen-bond donors (Lipinski definition) is 0. The molecule has 0 saturated heterocycles. The van der Waals surface area contributed by atoms with Crippen molar-refractivity contribution in [1.82, 2.24) is 0 Å². The summed E-state index contributed by atoms with van der Waals surface area (Å²) in [6.45, 7) is 2.25. The Balaban J connectivity index is 2.00. The van der Waals surface area contributed by atoms with E-state index in [1.54, 1.807) is 0 Å². The Bertz CT molecular complexity index is 189. The molecule has 0 amide bonds. The SMILES string of the molecule is CCC1CCC2(C=N1)CCCCC2. The summed E-state index contributed by atoms with van der Waals surface area (Å²) in [5.74, 6) is 0. The van der Waals surface area contributed by atoms with E-state index < -0.39 is 0 Å². The lowest BCUT2D eigenvalue weighted by molar-refractivity contribution is 0.246. The standard InChI is InChI=1S/C12H21N/c1-2-11-6-9-12(10-13-11)7-4-3-5-8-12/h10-11H,2-9H2,1H3. The van der Waals surface area contributed by atoms with E-state index in [2.05, 4.69) is 13.1 Å². The van der Waals surface area contributed by atoms with Crippen molar-refractivity contribution in [1.29, 1.82) is 0 Å². The average Bonchev–Trinajstić information content (AvgIpc) is 2.20. The van der Waals surface area contributed by atoms with Crippen LogP contribution in [0.5, 0.6) is 0 Å². The first kappa shape index (κ1) is 9.23. The van der Waals surface area contributed by atoms with Crippen LogP contribution in [0.2, 0.25) is 0 Å². The zero-order valence-corrected chi connectivity index (χ0v) is 8.76. The third-order valence-electron chi connectivity index (χ3n) is 3.86. The largest absolute Gasteiger partial charge is 0.294 e. The van der Waals surface area contributed by atoms with E-state index in [4.69, 9.17) is 4.99 Å². The number of hydrogen-bond acceptors (Lipinski definition) is 1. The monoisotopic (exact) mass is 179 g/mol. The summed E-state index contributed by atoms with van der Waals surface area (Å²) in [6.07, 6.45) is 13.4. The highest BCUT2D eigenvalue weighted by Crippen LogP contribution is 2.41. The molecule has 13 heavy (non-hydrogen) atoms. The van der Waals surface area contributed by atoms with Gasteiger partial charge in [-0.15, -0.1) is 0 Å². The highest BCUT2D eigenvalue weighted by Gasteiger charge is 2.32. The second-order valence-electron chi connectivity index (χ2n) is 4.80. The predicted octanol–water partition coefficient (Wildman–Crippen LogP) is 3.58. The molecule has 1 spiro atoms. The second-order valence-corrected chi connectivity index (χ2v) is 4.80. The molecule has 0 aromatic heterocycles. The molecule has 1 fully saturated rings. The third-order valence-corrected chi connectivity index (χ3v) is 3.86. The first-order valence-corrected chi connectivity index (χ1v) is 5.89. The summed E-state index contributed by atoms with van der Waals surface area (Å²) in [5, 5.41) is 0. The van der Waals surface area contributed by atoms with Crippen LogP contribution >= 0.6 is 0 Å². The minimum Gasteiger partial charge on any atom is -0.294 e. The van der Waals surface area contributed by atoms with Crippen LogP contribution in [0.1, 0.15) is 58.3 Å². The van der Waals surface area contributed by atoms with Crippen LogP contribution in [0.15, 0.2) is 4.99 Å². The van der Waals surface area contributed by atoms with Crippen molar-refractivity contribution in [3.63, 3.8) is 0 Å². The van der Waals surface area contributed by atoms with Crippen molar-refractivity contribution in [2.24, 2.45) is 10.4 Å². The molecule has 2 rings (SSSR count). The van der Waals surface area contributed by atoms with Crippen molar-refractivity contribution in [2.45, 2.75) is 64.3 Å². The van der Waals surface area contributed by atoms with Crippen LogP contribution in [0, 0.1) is 5.41 Å². The number of nitrogens with zero attached hydrogens (tertiary/aromatic N) is 1. The average molecular weight is 179 g/mol. The molecule has 0 bridgehead atoms. The molecule has 0 N–H and O–H groups in total. The highest BCUT2D eigenvalue weighted by atomic mass is 14.8. The number of aliphatic imine (C=N–C) groups is 1. The van der Waals surface area contributed by atoms with Crippen LogP contribution < -0.4 is 0 Å². The first-order valence-electron chi connectivity index (χ1n) is 5.89. The van der Waals surface area contributed by atoms with Crippen LogP contribution in [-0.4, -0.2) is 12.3 Å². The molecule has 1 saturated carbocycles. The summed E-state index contributed by atoms with van der Waals surface area (Å²) >= 11 is 0. The van der Waals surface area contributed by atoms with Gasteiger partial charge >= 0.3 is 0 Å². The van der Waals surface area contributed by atoms with Crippen molar-refractivity contribution in [3.8, 4) is 0 Å². The fourth-order valence-corrected chi connectivity index (χ4v) is 2.80. The van der Waals surface area contributed by atoms with Crippen LogP contribution in [-0.2, 0) is 0 Å². The lowest BCUT2D eigenvalue weighted by atomic mass is 9.70. The summed E-state index contributed by atoms with van der Waals surface area (Å²) in [4.78, 5) is 4.70. The third kappa shape index (κ3) is 1.95. The molecular weight excluding hydrogens is 158 g/mol. The molecule has 1 heterocycles. The van der Waals surface area contributed by atoms with Gasteiger partial charge in [0.2, 0.25) is 0 Å². The van der Waals surface area contributed by atoms with Gasteiger partial charge < -0.3 is 0 Å². The van der Waals surface area contributed by atoms with Gasteiger partial charge in [-0.3, -0.25) is 4.99 Å². The minimum atomic E-state index is 0.546. The molecule has 0 aromatic carbocycles. The Kier molecular flexibility index (Phi) is 2.71. The Hall–Kier alpha value is -0.330. The molecule has 2 aliphatic rings. The van der Waals surface area contributed by atoms with Gasteiger partial charge in [-0.05, 0) is 32.1 Å². The molecule has 1 atom stereocenters. The molecule has 0 radical (unpaired) electrons. The molecule has 1 nitrogen and oxygen atoms in total. The fourth-order valence-electron chi connectivity index (χ4n) is 2.80. The van der Waals surface area contributed by atoms with E-state index in [1.165, 1.54) is 51.4 Å². The van der Waals surface area contributed by atoms with Crippen molar-refractivity contribution < 1.29 is 0 Å². The van der Waals surface area contributed by atoms with Gasteiger partial charge in [0.25, 0.3) is 0 Å². The number of rotatable bonds is 1. The van der Waals surface area contributed by atoms with E-state index in [-0.39, 0.29) is 0 Å². The van der Waals surface area contributed by atoms with Gasteiger partial charge in [-0.1, -0.05) is 26.2 Å². The zero-order valence-electron chi connectivity index (χ0n) is 8.76. The fraction of sp³-hybridized carbons (Fsp3) is 0.917. The summed E-state index contributed by atoms with van der Waals surface area (Å²) < 4.78 is 0. The Morgan fingerprint density at radius 3 is 2.54 bits per heavy atom. The topological polar surface area (TPSA) is 12.4 Å². The quantitative estimate of drug-likeness (QED) is 0.583. The van der Waals surface area contributed by atoms with Crippen LogP contribution in [0.25, 0.3) is 0 Å². The van der Waals surface area contributed by atoms with E-state index >= 15 is 0 Å². The van der Waals surface area contributed by atoms with E-state index in [1.807, 2.05) is 0 Å². The summed E-state index contributed by atoms with van der Waals surface area (Å²) in [5.41, 5.74) is 0.546. The lowest BCUT2D eigenvalue weighted by Gasteiger charge is -2.37. The first-order chi connectivity index (χ1) is 6.35. The van der Waals surface area contributed by atoms with E-state index in [9.17, 15) is 0 Å². The van der Waals surface area contributed by atoms with Gasteiger partial charge in [-0.25, -0.2) is 0 Å². The van der Waals surface area contributed by atoms with Crippen molar-refractivity contribution in [2.75, 3.05) is 0 Å².